The van der Waals surface area contributed by atoms with E-state index >= 15 is 0 Å². The van der Waals surface area contributed by atoms with E-state index in [0.717, 1.165) is 24.9 Å². The molecule has 1 aromatic rings. The molecular weight excluding hydrogens is 242 g/mol. The summed E-state index contributed by atoms with van der Waals surface area (Å²) < 4.78 is 5.71. The molecule has 0 amide bonds. The molecule has 3 heteroatoms. The molecule has 18 heavy (non-hydrogen) atoms. The summed E-state index contributed by atoms with van der Waals surface area (Å²) in [6.45, 7) is 4.16. The van der Waals surface area contributed by atoms with E-state index in [9.17, 15) is 0 Å². The van der Waals surface area contributed by atoms with Gasteiger partial charge in [0.2, 0.25) is 0 Å². The first-order chi connectivity index (χ1) is 8.95. The van der Waals surface area contributed by atoms with Crippen LogP contribution in [0.4, 0.5) is 0 Å². The van der Waals surface area contributed by atoms with Crippen LogP contribution < -0.4 is 5.32 Å². The highest BCUT2D eigenvalue weighted by atomic mass is 32.2. The van der Waals surface area contributed by atoms with Gasteiger partial charge in [0.1, 0.15) is 0 Å². The molecule has 1 aliphatic rings. The zero-order valence-electron chi connectivity index (χ0n) is 10.9. The number of hydrogen-bond donors (Lipinski definition) is 1. The number of rotatable bonds is 7. The van der Waals surface area contributed by atoms with Crippen molar-refractivity contribution in [3.8, 4) is 0 Å². The molecule has 1 N–H and O–H groups in total. The highest BCUT2D eigenvalue weighted by Crippen LogP contribution is 2.17. The lowest BCUT2D eigenvalue weighted by Crippen LogP contribution is -2.30. The van der Waals surface area contributed by atoms with Crippen molar-refractivity contribution in [3.63, 3.8) is 0 Å². The fraction of sp³-hybridized carbons (Fsp3) is 0.600. The van der Waals surface area contributed by atoms with Gasteiger partial charge in [-0.2, -0.15) is 0 Å². The topological polar surface area (TPSA) is 21.3 Å². The Balaban J connectivity index is 1.46. The van der Waals surface area contributed by atoms with E-state index in [-0.39, 0.29) is 0 Å². The molecule has 0 aromatic heterocycles. The van der Waals surface area contributed by atoms with Crippen LogP contribution in [0.5, 0.6) is 0 Å². The van der Waals surface area contributed by atoms with Gasteiger partial charge in [-0.25, -0.2) is 0 Å². The summed E-state index contributed by atoms with van der Waals surface area (Å²) in [5, 5.41) is 3.45. The van der Waals surface area contributed by atoms with Crippen molar-refractivity contribution >= 4 is 11.8 Å². The quantitative estimate of drug-likeness (QED) is 0.604. The van der Waals surface area contributed by atoms with Gasteiger partial charge in [0.15, 0.2) is 0 Å². The minimum absolute atomic E-state index is 0.834. The Morgan fingerprint density at radius 3 is 2.89 bits per heavy atom. The van der Waals surface area contributed by atoms with Crippen molar-refractivity contribution in [2.45, 2.75) is 24.2 Å². The summed E-state index contributed by atoms with van der Waals surface area (Å²) in [7, 11) is 0. The molecule has 0 aliphatic carbocycles. The molecule has 1 fully saturated rings. The van der Waals surface area contributed by atoms with Crippen LogP contribution in [0.15, 0.2) is 35.2 Å². The van der Waals surface area contributed by atoms with Crippen LogP contribution in [0.25, 0.3) is 0 Å². The van der Waals surface area contributed by atoms with E-state index in [1.807, 2.05) is 11.8 Å². The van der Waals surface area contributed by atoms with Crippen molar-refractivity contribution in [1.29, 1.82) is 0 Å². The first-order valence-electron chi connectivity index (χ1n) is 6.91. The van der Waals surface area contributed by atoms with E-state index in [1.165, 1.54) is 37.2 Å². The number of benzene rings is 1. The number of ether oxygens (including phenoxy) is 1. The number of thioether (sulfide) groups is 1. The van der Waals surface area contributed by atoms with E-state index in [2.05, 4.69) is 35.6 Å². The summed E-state index contributed by atoms with van der Waals surface area (Å²) in [6.07, 6.45) is 3.91. The molecule has 2 rings (SSSR count). The van der Waals surface area contributed by atoms with Crippen LogP contribution in [0.3, 0.4) is 0 Å². The molecule has 0 saturated carbocycles. The average Bonchev–Trinajstić information content (AvgIpc) is 2.45. The molecule has 1 heterocycles. The van der Waals surface area contributed by atoms with Gasteiger partial charge in [0.25, 0.3) is 0 Å². The minimum atomic E-state index is 0.834. The monoisotopic (exact) mass is 265 g/mol. The second-order valence-electron chi connectivity index (χ2n) is 4.77. The van der Waals surface area contributed by atoms with Crippen LogP contribution in [-0.4, -0.2) is 32.1 Å². The number of piperidine rings is 1. The Labute approximate surface area is 114 Å². The Hall–Kier alpha value is -0.510. The maximum Gasteiger partial charge on any atom is 0.0560 e. The highest BCUT2D eigenvalue weighted by Gasteiger charge is 2.11. The average molecular weight is 265 g/mol. The first kappa shape index (κ1) is 13.9. The number of hydrogen-bond acceptors (Lipinski definition) is 3. The van der Waals surface area contributed by atoms with Gasteiger partial charge in [-0.15, -0.1) is 11.8 Å². The second-order valence-corrected chi connectivity index (χ2v) is 5.94. The van der Waals surface area contributed by atoms with Gasteiger partial charge in [0, 0.05) is 17.3 Å². The maximum atomic E-state index is 5.71. The summed E-state index contributed by atoms with van der Waals surface area (Å²) in [6, 6.07) is 10.5. The molecule has 1 atom stereocenters. The maximum absolute atomic E-state index is 5.71. The van der Waals surface area contributed by atoms with Gasteiger partial charge in [-0.3, -0.25) is 0 Å². The summed E-state index contributed by atoms with van der Waals surface area (Å²) >= 11 is 1.87. The lowest BCUT2D eigenvalue weighted by molar-refractivity contribution is 0.129. The van der Waals surface area contributed by atoms with Crippen LogP contribution in [0, 0.1) is 5.92 Å². The second kappa shape index (κ2) is 8.57. The zero-order valence-corrected chi connectivity index (χ0v) is 11.8. The first-order valence-corrected chi connectivity index (χ1v) is 7.90. The van der Waals surface area contributed by atoms with Gasteiger partial charge in [-0.05, 0) is 50.4 Å². The molecule has 1 saturated heterocycles. The van der Waals surface area contributed by atoms with E-state index in [4.69, 9.17) is 4.74 Å². The zero-order chi connectivity index (χ0) is 12.5. The van der Waals surface area contributed by atoms with Crippen molar-refractivity contribution in [2.24, 2.45) is 5.92 Å². The normalized spacial score (nSPS) is 19.9. The Morgan fingerprint density at radius 2 is 2.11 bits per heavy atom. The Kier molecular flexibility index (Phi) is 6.62. The molecule has 0 bridgehead atoms. The van der Waals surface area contributed by atoms with Crippen molar-refractivity contribution < 1.29 is 4.74 Å². The smallest absolute Gasteiger partial charge is 0.0560 e. The fourth-order valence-corrected chi connectivity index (χ4v) is 3.04. The Morgan fingerprint density at radius 1 is 1.22 bits per heavy atom. The van der Waals surface area contributed by atoms with Gasteiger partial charge < -0.3 is 10.1 Å². The van der Waals surface area contributed by atoms with Crippen LogP contribution in [0.1, 0.15) is 19.3 Å². The molecule has 1 unspecified atom stereocenters. The van der Waals surface area contributed by atoms with Crippen LogP contribution in [-0.2, 0) is 4.74 Å². The predicted molar refractivity (Wildman–Crippen MR) is 78.2 cm³/mol. The third-order valence-electron chi connectivity index (χ3n) is 3.31. The van der Waals surface area contributed by atoms with Gasteiger partial charge >= 0.3 is 0 Å². The molecule has 1 aliphatic heterocycles. The molecule has 2 nitrogen and oxygen atoms in total. The van der Waals surface area contributed by atoms with Crippen molar-refractivity contribution in [2.75, 3.05) is 32.1 Å². The lowest BCUT2D eigenvalue weighted by Gasteiger charge is -2.22. The SMILES string of the molecule is c1ccc(SCCOCCC2CCCNC2)cc1. The Bertz CT molecular complexity index is 312. The van der Waals surface area contributed by atoms with Crippen molar-refractivity contribution in [3.05, 3.63) is 30.3 Å². The van der Waals surface area contributed by atoms with Crippen molar-refractivity contribution in [1.82, 2.24) is 5.32 Å². The summed E-state index contributed by atoms with van der Waals surface area (Å²) in [5.41, 5.74) is 0. The van der Waals surface area contributed by atoms with E-state index in [1.54, 1.807) is 0 Å². The summed E-state index contributed by atoms with van der Waals surface area (Å²) in [5.74, 6) is 1.88. The molecule has 1 aromatic carbocycles. The van der Waals surface area contributed by atoms with Gasteiger partial charge in [0.05, 0.1) is 6.61 Å². The van der Waals surface area contributed by atoms with Gasteiger partial charge in [-0.1, -0.05) is 18.2 Å². The summed E-state index contributed by atoms with van der Waals surface area (Å²) in [4.78, 5) is 1.33. The third kappa shape index (κ3) is 5.42. The molecular formula is C15H23NOS. The van der Waals surface area contributed by atoms with E-state index in [0.29, 0.717) is 0 Å². The minimum Gasteiger partial charge on any atom is -0.381 e. The van der Waals surface area contributed by atoms with Crippen LogP contribution in [0.2, 0.25) is 0 Å². The molecule has 0 radical (unpaired) electrons. The standard InChI is InChI=1S/C15H23NOS/c1-2-6-15(7-3-1)18-12-11-17-10-8-14-5-4-9-16-13-14/h1-3,6-7,14,16H,4-5,8-13H2. The molecule has 0 spiro atoms. The largest absolute Gasteiger partial charge is 0.381 e. The predicted octanol–water partition coefficient (Wildman–Crippen LogP) is 3.19. The van der Waals surface area contributed by atoms with Crippen LogP contribution >= 0.6 is 11.8 Å². The highest BCUT2D eigenvalue weighted by molar-refractivity contribution is 7.99. The molecule has 100 valence electrons. The third-order valence-corrected chi connectivity index (χ3v) is 4.29. The fourth-order valence-electron chi connectivity index (χ4n) is 2.26. The number of nitrogens with one attached hydrogen (secondary N) is 1. The van der Waals surface area contributed by atoms with E-state index < -0.39 is 0 Å². The lowest BCUT2D eigenvalue weighted by atomic mass is 9.97.